The summed E-state index contributed by atoms with van der Waals surface area (Å²) >= 11 is 0. The first-order valence-corrected chi connectivity index (χ1v) is 8.97. The third-order valence-electron chi connectivity index (χ3n) is 5.21. The minimum atomic E-state index is -0.757. The highest BCUT2D eigenvalue weighted by molar-refractivity contribution is 5.77. The highest BCUT2D eigenvalue weighted by atomic mass is 16.5. The Hall–Kier alpha value is -1.14. The quantitative estimate of drug-likeness (QED) is 0.705. The van der Waals surface area contributed by atoms with Crippen LogP contribution in [0.2, 0.25) is 0 Å². The average Bonchev–Trinajstić information content (AvgIpc) is 3.26. The highest BCUT2D eigenvalue weighted by Gasteiger charge is 2.37. The van der Waals surface area contributed by atoms with Crippen LogP contribution in [0.4, 0.5) is 0 Å². The van der Waals surface area contributed by atoms with Crippen molar-refractivity contribution in [1.29, 1.82) is 0 Å². The molecule has 23 heavy (non-hydrogen) atoms. The van der Waals surface area contributed by atoms with Crippen molar-refractivity contribution in [2.45, 2.75) is 69.6 Å². The van der Waals surface area contributed by atoms with Gasteiger partial charge in [-0.25, -0.2) is 0 Å². The minimum Gasteiger partial charge on any atom is -0.480 e. The van der Waals surface area contributed by atoms with Crippen molar-refractivity contribution in [2.75, 3.05) is 19.7 Å². The fourth-order valence-corrected chi connectivity index (χ4v) is 3.61. The van der Waals surface area contributed by atoms with Crippen molar-refractivity contribution < 1.29 is 19.4 Å². The van der Waals surface area contributed by atoms with Crippen LogP contribution in [0.1, 0.15) is 51.4 Å². The van der Waals surface area contributed by atoms with Gasteiger partial charge < -0.3 is 15.2 Å². The zero-order chi connectivity index (χ0) is 16.2. The van der Waals surface area contributed by atoms with Gasteiger partial charge >= 0.3 is 5.97 Å². The van der Waals surface area contributed by atoms with E-state index in [1.165, 1.54) is 12.8 Å². The molecule has 1 atom stereocenters. The van der Waals surface area contributed by atoms with Gasteiger partial charge in [0.25, 0.3) is 0 Å². The van der Waals surface area contributed by atoms with E-state index in [1.807, 2.05) is 0 Å². The van der Waals surface area contributed by atoms with Crippen LogP contribution in [0.3, 0.4) is 0 Å². The Bertz CT molecular complexity index is 426. The van der Waals surface area contributed by atoms with Crippen molar-refractivity contribution >= 4 is 11.9 Å². The number of carbonyl (C=O) groups is 2. The van der Waals surface area contributed by atoms with Gasteiger partial charge in [0.1, 0.15) is 0 Å². The third-order valence-corrected chi connectivity index (χ3v) is 5.21. The maximum Gasteiger partial charge on any atom is 0.317 e. The Kier molecular flexibility index (Phi) is 5.54. The van der Waals surface area contributed by atoms with E-state index in [0.717, 1.165) is 45.3 Å². The van der Waals surface area contributed by atoms with Crippen molar-refractivity contribution in [1.82, 2.24) is 10.2 Å². The van der Waals surface area contributed by atoms with E-state index >= 15 is 0 Å². The molecule has 1 saturated heterocycles. The molecule has 3 rings (SSSR count). The zero-order valence-electron chi connectivity index (χ0n) is 13.7. The molecule has 3 aliphatic rings. The van der Waals surface area contributed by atoms with Gasteiger partial charge in [-0.3, -0.25) is 14.5 Å². The lowest BCUT2D eigenvalue weighted by Crippen LogP contribution is -2.55. The molecule has 0 aromatic heterocycles. The summed E-state index contributed by atoms with van der Waals surface area (Å²) in [4.78, 5) is 25.2. The molecule has 0 aromatic rings. The van der Waals surface area contributed by atoms with Gasteiger partial charge in [-0.05, 0) is 50.9 Å². The van der Waals surface area contributed by atoms with Gasteiger partial charge in [-0.15, -0.1) is 0 Å². The summed E-state index contributed by atoms with van der Waals surface area (Å²) in [5, 5.41) is 12.1. The number of hydrogen-bond donors (Lipinski definition) is 2. The van der Waals surface area contributed by atoms with E-state index < -0.39 is 5.97 Å². The second kappa shape index (κ2) is 7.62. The maximum atomic E-state index is 12.1. The molecule has 2 saturated carbocycles. The van der Waals surface area contributed by atoms with Crippen LogP contribution in [0.15, 0.2) is 0 Å². The van der Waals surface area contributed by atoms with Crippen LogP contribution < -0.4 is 5.32 Å². The van der Waals surface area contributed by atoms with Crippen molar-refractivity contribution in [3.63, 3.8) is 0 Å². The number of carboxylic acids is 1. The lowest BCUT2D eigenvalue weighted by Gasteiger charge is -2.43. The predicted molar refractivity (Wildman–Crippen MR) is 85.1 cm³/mol. The van der Waals surface area contributed by atoms with Crippen molar-refractivity contribution in [3.8, 4) is 0 Å². The smallest absolute Gasteiger partial charge is 0.317 e. The number of rotatable bonds is 8. The highest BCUT2D eigenvalue weighted by Crippen LogP contribution is 2.33. The second-order valence-electron chi connectivity index (χ2n) is 7.35. The molecule has 0 bridgehead atoms. The maximum absolute atomic E-state index is 12.1. The van der Waals surface area contributed by atoms with Gasteiger partial charge in [0.15, 0.2) is 0 Å². The summed E-state index contributed by atoms with van der Waals surface area (Å²) in [6.45, 7) is 1.79. The Labute approximate surface area is 137 Å². The predicted octanol–water partition coefficient (Wildman–Crippen LogP) is 1.39. The standard InChI is InChI=1S/C17H28N2O4/c20-16(9-15-3-1-2-6-23-15)18-13-7-14(8-13)19(11-17(21)22)10-12-4-5-12/h12-15H,1-11H2,(H,18,20)(H,21,22). The number of nitrogens with zero attached hydrogens (tertiary/aromatic N) is 1. The summed E-state index contributed by atoms with van der Waals surface area (Å²) in [6, 6.07) is 0.509. The first-order chi connectivity index (χ1) is 11.1. The fraction of sp³-hybridized carbons (Fsp3) is 0.882. The molecule has 0 spiro atoms. The fourth-order valence-electron chi connectivity index (χ4n) is 3.61. The van der Waals surface area contributed by atoms with Crippen LogP contribution >= 0.6 is 0 Å². The minimum absolute atomic E-state index is 0.0762. The molecule has 0 aromatic carbocycles. The third kappa shape index (κ3) is 5.18. The molecule has 2 aliphatic carbocycles. The number of aliphatic carboxylic acids is 1. The van der Waals surface area contributed by atoms with Gasteiger partial charge in [-0.1, -0.05) is 0 Å². The van der Waals surface area contributed by atoms with E-state index in [1.54, 1.807) is 0 Å². The van der Waals surface area contributed by atoms with Crippen LogP contribution in [0.25, 0.3) is 0 Å². The normalized spacial score (nSPS) is 30.7. The summed E-state index contributed by atoms with van der Waals surface area (Å²) in [6.07, 6.45) is 7.97. The molecular weight excluding hydrogens is 296 g/mol. The average molecular weight is 324 g/mol. The molecule has 1 unspecified atom stereocenters. The Morgan fingerprint density at radius 1 is 1.17 bits per heavy atom. The van der Waals surface area contributed by atoms with Crippen LogP contribution in [-0.2, 0) is 14.3 Å². The van der Waals surface area contributed by atoms with Crippen LogP contribution in [-0.4, -0.2) is 59.8 Å². The molecule has 1 heterocycles. The molecule has 2 N–H and O–H groups in total. The molecule has 1 aliphatic heterocycles. The summed E-state index contributed by atoms with van der Waals surface area (Å²) in [5.41, 5.74) is 0. The van der Waals surface area contributed by atoms with Crippen LogP contribution in [0, 0.1) is 5.92 Å². The Balaban J connectivity index is 1.36. The number of carbonyl (C=O) groups excluding carboxylic acids is 1. The van der Waals surface area contributed by atoms with E-state index in [2.05, 4.69) is 10.2 Å². The SMILES string of the molecule is O=C(O)CN(CC1CC1)C1CC(NC(=O)CC2CCCCO2)C1. The number of nitrogens with one attached hydrogen (secondary N) is 1. The number of amides is 1. The van der Waals surface area contributed by atoms with E-state index in [4.69, 9.17) is 9.84 Å². The van der Waals surface area contributed by atoms with E-state index in [0.29, 0.717) is 18.4 Å². The first-order valence-electron chi connectivity index (χ1n) is 8.97. The monoisotopic (exact) mass is 324 g/mol. The second-order valence-corrected chi connectivity index (χ2v) is 7.35. The van der Waals surface area contributed by atoms with Gasteiger partial charge in [0.05, 0.1) is 19.1 Å². The number of hydrogen-bond acceptors (Lipinski definition) is 4. The van der Waals surface area contributed by atoms with Gasteiger partial charge in [-0.2, -0.15) is 0 Å². The van der Waals surface area contributed by atoms with E-state index in [9.17, 15) is 9.59 Å². The van der Waals surface area contributed by atoms with Gasteiger partial charge in [0.2, 0.25) is 5.91 Å². The molecule has 1 amide bonds. The molecular formula is C17H28N2O4. The van der Waals surface area contributed by atoms with E-state index in [-0.39, 0.29) is 24.6 Å². The lowest BCUT2D eigenvalue weighted by molar-refractivity contribution is -0.140. The topological polar surface area (TPSA) is 78.9 Å². The van der Waals surface area contributed by atoms with Crippen molar-refractivity contribution in [3.05, 3.63) is 0 Å². The molecule has 6 nitrogen and oxygen atoms in total. The Morgan fingerprint density at radius 2 is 1.96 bits per heavy atom. The van der Waals surface area contributed by atoms with Crippen LogP contribution in [0.5, 0.6) is 0 Å². The molecule has 130 valence electrons. The van der Waals surface area contributed by atoms with Crippen molar-refractivity contribution in [2.24, 2.45) is 5.92 Å². The summed E-state index contributed by atoms with van der Waals surface area (Å²) in [5.74, 6) is 0.00588. The molecule has 3 fully saturated rings. The van der Waals surface area contributed by atoms with Gasteiger partial charge in [0, 0.05) is 25.2 Å². The summed E-state index contributed by atoms with van der Waals surface area (Å²) in [7, 11) is 0. The Morgan fingerprint density at radius 3 is 2.57 bits per heavy atom. The number of carboxylic acid groups (broad SMARTS) is 1. The largest absolute Gasteiger partial charge is 0.480 e. The zero-order valence-corrected chi connectivity index (χ0v) is 13.7. The first kappa shape index (κ1) is 16.7. The number of ether oxygens (including phenoxy) is 1. The molecule has 6 heteroatoms. The molecule has 0 radical (unpaired) electrons. The lowest BCUT2D eigenvalue weighted by atomic mass is 9.85. The summed E-state index contributed by atoms with van der Waals surface area (Å²) < 4.78 is 5.60.